The second kappa shape index (κ2) is 8.38. The number of methoxy groups -OCH3 is 1. The summed E-state index contributed by atoms with van der Waals surface area (Å²) in [5.41, 5.74) is 11.4. The van der Waals surface area contributed by atoms with Crippen LogP contribution in [0.5, 0.6) is 5.75 Å². The van der Waals surface area contributed by atoms with Gasteiger partial charge in [0.1, 0.15) is 5.75 Å². The summed E-state index contributed by atoms with van der Waals surface area (Å²) in [6.45, 7) is 2.81. The van der Waals surface area contributed by atoms with E-state index in [2.05, 4.69) is 36.4 Å². The molecule has 3 rings (SSSR count). The van der Waals surface area contributed by atoms with Crippen LogP contribution >= 0.6 is 23.4 Å². The van der Waals surface area contributed by atoms with Crippen molar-refractivity contribution in [2.75, 3.05) is 19.9 Å². The van der Waals surface area contributed by atoms with Gasteiger partial charge in [-0.1, -0.05) is 17.7 Å². The smallest absolute Gasteiger partial charge is 0.128 e. The molecular weight excluding hydrogens is 364 g/mol. The summed E-state index contributed by atoms with van der Waals surface area (Å²) in [4.78, 5) is 4.84. The van der Waals surface area contributed by atoms with Crippen LogP contribution < -0.4 is 10.5 Å². The number of aryl methyl sites for hydroxylation is 2. The Balaban J connectivity index is 2.26. The monoisotopic (exact) mass is 388 g/mol. The summed E-state index contributed by atoms with van der Waals surface area (Å²) in [7, 11) is 1.71. The molecule has 0 radical (unpaired) electrons. The number of hydrogen-bond acceptors (Lipinski definition) is 3. The molecule has 2 aromatic carbocycles. The van der Waals surface area contributed by atoms with Gasteiger partial charge in [-0.3, -0.25) is 0 Å². The minimum atomic E-state index is 0.704. The third kappa shape index (κ3) is 3.59. The van der Waals surface area contributed by atoms with Crippen LogP contribution in [0.15, 0.2) is 35.2 Å². The molecule has 0 atom stereocenters. The van der Waals surface area contributed by atoms with E-state index in [1.807, 2.05) is 12.1 Å². The van der Waals surface area contributed by atoms with E-state index in [-0.39, 0.29) is 0 Å². The average molecular weight is 389 g/mol. The van der Waals surface area contributed by atoms with E-state index in [0.29, 0.717) is 6.54 Å². The zero-order valence-electron chi connectivity index (χ0n) is 15.5. The second-order valence-corrected chi connectivity index (χ2v) is 7.69. The molecule has 3 nitrogen and oxygen atoms in total. The molecule has 0 amide bonds. The standard InChI is InChI=1S/C21H25ClN2OS/c1-13-7-9-17(22)19-15(6-4-5-11-23)21(24-20(13)19)16-12-14(26-3)8-10-18(16)25-2/h7-10,12,24H,4-6,11,23H2,1-3H3. The van der Waals surface area contributed by atoms with Gasteiger partial charge in [0.05, 0.1) is 23.3 Å². The highest BCUT2D eigenvalue weighted by atomic mass is 35.5. The molecule has 0 saturated heterocycles. The molecule has 0 aliphatic heterocycles. The van der Waals surface area contributed by atoms with Gasteiger partial charge in [0.2, 0.25) is 0 Å². The van der Waals surface area contributed by atoms with Gasteiger partial charge in [0.15, 0.2) is 0 Å². The Hall–Kier alpha value is -1.62. The fourth-order valence-corrected chi connectivity index (χ4v) is 4.11. The van der Waals surface area contributed by atoms with Crippen molar-refractivity contribution in [1.29, 1.82) is 0 Å². The molecule has 0 saturated carbocycles. The number of benzene rings is 2. The minimum Gasteiger partial charge on any atom is -0.496 e. The summed E-state index contributed by atoms with van der Waals surface area (Å²) >= 11 is 8.33. The van der Waals surface area contributed by atoms with E-state index in [0.717, 1.165) is 52.2 Å². The minimum absolute atomic E-state index is 0.704. The van der Waals surface area contributed by atoms with Crippen molar-refractivity contribution in [3.05, 3.63) is 46.5 Å². The maximum atomic E-state index is 6.60. The molecular formula is C21H25ClN2OS. The topological polar surface area (TPSA) is 51.0 Å². The third-order valence-electron chi connectivity index (χ3n) is 4.77. The number of nitrogens with one attached hydrogen (secondary N) is 1. The first-order valence-electron chi connectivity index (χ1n) is 8.82. The van der Waals surface area contributed by atoms with Crippen LogP contribution in [0, 0.1) is 6.92 Å². The van der Waals surface area contributed by atoms with Gasteiger partial charge in [-0.15, -0.1) is 11.8 Å². The second-order valence-electron chi connectivity index (χ2n) is 6.40. The maximum Gasteiger partial charge on any atom is 0.128 e. The molecule has 138 valence electrons. The van der Waals surface area contributed by atoms with E-state index >= 15 is 0 Å². The lowest BCUT2D eigenvalue weighted by Gasteiger charge is -2.11. The lowest BCUT2D eigenvalue weighted by Crippen LogP contribution is -1.99. The quantitative estimate of drug-likeness (QED) is 0.396. The molecule has 0 spiro atoms. The first-order valence-corrected chi connectivity index (χ1v) is 10.4. The van der Waals surface area contributed by atoms with Crippen LogP contribution in [0.4, 0.5) is 0 Å². The van der Waals surface area contributed by atoms with Crippen molar-refractivity contribution in [1.82, 2.24) is 4.98 Å². The molecule has 0 unspecified atom stereocenters. The Morgan fingerprint density at radius 3 is 2.69 bits per heavy atom. The molecule has 0 aliphatic carbocycles. The molecule has 3 aromatic rings. The first-order chi connectivity index (χ1) is 12.6. The maximum absolute atomic E-state index is 6.60. The number of thioether (sulfide) groups is 1. The Kier molecular flexibility index (Phi) is 6.17. The van der Waals surface area contributed by atoms with Gasteiger partial charge in [-0.2, -0.15) is 0 Å². The molecule has 0 aliphatic rings. The van der Waals surface area contributed by atoms with E-state index in [1.165, 1.54) is 16.0 Å². The highest BCUT2D eigenvalue weighted by Gasteiger charge is 2.19. The fourth-order valence-electron chi connectivity index (χ4n) is 3.40. The molecule has 5 heteroatoms. The lowest BCUT2D eigenvalue weighted by molar-refractivity contribution is 0.416. The van der Waals surface area contributed by atoms with Gasteiger partial charge < -0.3 is 15.5 Å². The summed E-state index contributed by atoms with van der Waals surface area (Å²) in [5, 5.41) is 1.91. The predicted molar refractivity (Wildman–Crippen MR) is 114 cm³/mol. The van der Waals surface area contributed by atoms with Crippen molar-refractivity contribution < 1.29 is 4.74 Å². The molecule has 26 heavy (non-hydrogen) atoms. The molecule has 1 heterocycles. The van der Waals surface area contributed by atoms with Crippen LogP contribution in [0.1, 0.15) is 24.0 Å². The number of nitrogens with two attached hydrogens (primary N) is 1. The van der Waals surface area contributed by atoms with Gasteiger partial charge in [-0.25, -0.2) is 0 Å². The Bertz CT molecular complexity index is 920. The zero-order chi connectivity index (χ0) is 18.7. The fraction of sp³-hybridized carbons (Fsp3) is 0.333. The Morgan fingerprint density at radius 1 is 1.19 bits per heavy atom. The Labute approximate surface area is 164 Å². The van der Waals surface area contributed by atoms with E-state index in [4.69, 9.17) is 22.1 Å². The summed E-state index contributed by atoms with van der Waals surface area (Å²) in [6, 6.07) is 10.3. The number of ether oxygens (including phenoxy) is 1. The van der Waals surface area contributed by atoms with Gasteiger partial charge in [-0.05, 0) is 74.4 Å². The molecule has 3 N–H and O–H groups in total. The molecule has 0 fully saturated rings. The number of aromatic nitrogens is 1. The Morgan fingerprint density at radius 2 is 2.00 bits per heavy atom. The van der Waals surface area contributed by atoms with Crippen LogP contribution in [0.2, 0.25) is 5.02 Å². The van der Waals surface area contributed by atoms with Gasteiger partial charge >= 0.3 is 0 Å². The first kappa shape index (κ1) is 19.2. The summed E-state index contributed by atoms with van der Waals surface area (Å²) in [6.07, 6.45) is 5.05. The van der Waals surface area contributed by atoms with Crippen molar-refractivity contribution >= 4 is 34.3 Å². The van der Waals surface area contributed by atoms with Crippen LogP contribution in [0.3, 0.4) is 0 Å². The number of fused-ring (bicyclic) bond motifs is 1. The van der Waals surface area contributed by atoms with E-state index in [9.17, 15) is 0 Å². The van der Waals surface area contributed by atoms with Crippen molar-refractivity contribution in [2.24, 2.45) is 5.73 Å². The van der Waals surface area contributed by atoms with Crippen LogP contribution in [-0.2, 0) is 6.42 Å². The van der Waals surface area contributed by atoms with Crippen molar-refractivity contribution in [2.45, 2.75) is 31.1 Å². The number of halogens is 1. The SMILES string of the molecule is COc1ccc(SC)cc1-c1[nH]c2c(C)ccc(Cl)c2c1CCCCN. The van der Waals surface area contributed by atoms with E-state index < -0.39 is 0 Å². The summed E-state index contributed by atoms with van der Waals surface area (Å²) < 4.78 is 5.65. The number of unbranched alkanes of at least 4 members (excludes halogenated alkanes) is 1. The third-order valence-corrected chi connectivity index (χ3v) is 5.81. The lowest BCUT2D eigenvalue weighted by atomic mass is 9.99. The normalized spacial score (nSPS) is 11.3. The highest BCUT2D eigenvalue weighted by molar-refractivity contribution is 7.98. The number of H-pyrrole nitrogens is 1. The highest BCUT2D eigenvalue weighted by Crippen LogP contribution is 2.41. The molecule has 0 bridgehead atoms. The number of hydrogen-bond donors (Lipinski definition) is 2. The zero-order valence-corrected chi connectivity index (χ0v) is 17.1. The number of rotatable bonds is 7. The van der Waals surface area contributed by atoms with Crippen molar-refractivity contribution in [3.63, 3.8) is 0 Å². The van der Waals surface area contributed by atoms with E-state index in [1.54, 1.807) is 18.9 Å². The van der Waals surface area contributed by atoms with Crippen LogP contribution in [-0.4, -0.2) is 24.9 Å². The largest absolute Gasteiger partial charge is 0.496 e. The van der Waals surface area contributed by atoms with Gasteiger partial charge in [0, 0.05) is 15.8 Å². The van der Waals surface area contributed by atoms with Crippen molar-refractivity contribution in [3.8, 4) is 17.0 Å². The van der Waals surface area contributed by atoms with Crippen LogP contribution in [0.25, 0.3) is 22.2 Å². The number of aromatic amines is 1. The summed E-state index contributed by atoms with van der Waals surface area (Å²) in [5.74, 6) is 0.864. The predicted octanol–water partition coefficient (Wildman–Crippen LogP) is 5.81. The van der Waals surface area contributed by atoms with Gasteiger partial charge in [0.25, 0.3) is 0 Å². The molecule has 1 aromatic heterocycles. The average Bonchev–Trinajstić information content (AvgIpc) is 3.05.